The fourth-order valence-electron chi connectivity index (χ4n) is 2.51. The van der Waals surface area contributed by atoms with Gasteiger partial charge in [-0.05, 0) is 38.6 Å². The molecule has 0 saturated heterocycles. The lowest BCUT2D eigenvalue weighted by Gasteiger charge is -2.21. The van der Waals surface area contributed by atoms with E-state index >= 15 is 0 Å². The van der Waals surface area contributed by atoms with E-state index in [1.165, 1.54) is 19.3 Å². The van der Waals surface area contributed by atoms with Crippen LogP contribution < -0.4 is 5.32 Å². The number of unbranched alkanes of at least 4 members (excludes halogenated alkanes) is 5. The second kappa shape index (κ2) is 18.2. The summed E-state index contributed by atoms with van der Waals surface area (Å²) >= 11 is 0. The van der Waals surface area contributed by atoms with Crippen LogP contribution >= 0.6 is 0 Å². The minimum absolute atomic E-state index is 0.115. The summed E-state index contributed by atoms with van der Waals surface area (Å²) in [7, 11) is 0. The van der Waals surface area contributed by atoms with Gasteiger partial charge in [-0.25, -0.2) is 0 Å². The maximum absolute atomic E-state index is 11.8. The Bertz CT molecular complexity index is 330. The molecule has 0 saturated carbocycles. The van der Waals surface area contributed by atoms with Crippen molar-refractivity contribution in [2.45, 2.75) is 64.7 Å². The average Bonchev–Trinajstić information content (AvgIpc) is 2.57. The summed E-state index contributed by atoms with van der Waals surface area (Å²) in [4.78, 5) is 14.0. The van der Waals surface area contributed by atoms with Gasteiger partial charge in [-0.3, -0.25) is 9.69 Å². The van der Waals surface area contributed by atoms with Crippen molar-refractivity contribution < 1.29 is 9.90 Å². The highest BCUT2D eigenvalue weighted by Crippen LogP contribution is 2.04. The van der Waals surface area contributed by atoms with Crippen LogP contribution in [-0.4, -0.2) is 48.7 Å². The standard InChI is InChI=1S/C20H38N2O2/c1-3-5-7-9-11-13-16-22(18-19-23)17-15-21-20(24)14-12-10-8-6-4-2/h3,8,10,23H,1,4-7,9,11-19H2,2H3,(H,21,24)/b10-8+. The van der Waals surface area contributed by atoms with Gasteiger partial charge >= 0.3 is 0 Å². The van der Waals surface area contributed by atoms with E-state index in [4.69, 9.17) is 5.11 Å². The van der Waals surface area contributed by atoms with Gasteiger partial charge in [-0.2, -0.15) is 0 Å². The number of aliphatic hydroxyl groups excluding tert-OH is 1. The van der Waals surface area contributed by atoms with Crippen molar-refractivity contribution in [2.75, 3.05) is 32.8 Å². The first kappa shape index (κ1) is 22.9. The zero-order chi connectivity index (χ0) is 17.9. The van der Waals surface area contributed by atoms with Crippen molar-refractivity contribution >= 4 is 5.91 Å². The summed E-state index contributed by atoms with van der Waals surface area (Å²) in [5.41, 5.74) is 0. The molecule has 0 aromatic rings. The molecule has 0 spiro atoms. The normalized spacial score (nSPS) is 11.3. The summed E-state index contributed by atoms with van der Waals surface area (Å²) in [6.07, 6.45) is 15.7. The van der Waals surface area contributed by atoms with Crippen LogP contribution in [0.1, 0.15) is 64.7 Å². The second-order valence-corrected chi connectivity index (χ2v) is 6.21. The number of carbonyl (C=O) groups is 1. The molecule has 0 aliphatic rings. The topological polar surface area (TPSA) is 52.6 Å². The Morgan fingerprint density at radius 3 is 2.50 bits per heavy atom. The maximum Gasteiger partial charge on any atom is 0.220 e. The van der Waals surface area contributed by atoms with Crippen molar-refractivity contribution in [2.24, 2.45) is 0 Å². The number of allylic oxidation sites excluding steroid dienone is 3. The number of hydrogen-bond acceptors (Lipinski definition) is 3. The average molecular weight is 339 g/mol. The molecule has 1 amide bonds. The SMILES string of the molecule is C=CCCCCCCN(CCO)CCNC(=O)CC/C=C/CCC. The van der Waals surface area contributed by atoms with Gasteiger partial charge in [-0.15, -0.1) is 6.58 Å². The van der Waals surface area contributed by atoms with Gasteiger partial charge in [0.2, 0.25) is 5.91 Å². The third kappa shape index (κ3) is 15.8. The molecule has 4 heteroatoms. The molecule has 0 atom stereocenters. The van der Waals surface area contributed by atoms with Crippen molar-refractivity contribution in [1.82, 2.24) is 10.2 Å². The molecule has 4 nitrogen and oxygen atoms in total. The van der Waals surface area contributed by atoms with Crippen molar-refractivity contribution in [3.05, 3.63) is 24.8 Å². The second-order valence-electron chi connectivity index (χ2n) is 6.21. The predicted molar refractivity (Wildman–Crippen MR) is 103 cm³/mol. The number of rotatable bonds is 17. The molecule has 0 fully saturated rings. The van der Waals surface area contributed by atoms with Gasteiger partial charge in [0.05, 0.1) is 6.61 Å². The van der Waals surface area contributed by atoms with E-state index in [-0.39, 0.29) is 12.5 Å². The van der Waals surface area contributed by atoms with E-state index < -0.39 is 0 Å². The van der Waals surface area contributed by atoms with E-state index in [2.05, 4.69) is 35.9 Å². The van der Waals surface area contributed by atoms with Gasteiger partial charge in [0.15, 0.2) is 0 Å². The molecular formula is C20H38N2O2. The van der Waals surface area contributed by atoms with Crippen LogP contribution in [0.25, 0.3) is 0 Å². The van der Waals surface area contributed by atoms with Crippen LogP contribution in [0, 0.1) is 0 Å². The third-order valence-electron chi connectivity index (χ3n) is 3.96. The van der Waals surface area contributed by atoms with E-state index in [0.29, 0.717) is 19.5 Å². The molecule has 0 radical (unpaired) electrons. The molecule has 0 aliphatic carbocycles. The minimum atomic E-state index is 0.115. The Balaban J connectivity index is 3.71. The van der Waals surface area contributed by atoms with E-state index in [0.717, 1.165) is 45.2 Å². The number of carbonyl (C=O) groups excluding carboxylic acids is 1. The smallest absolute Gasteiger partial charge is 0.220 e. The molecule has 24 heavy (non-hydrogen) atoms. The highest BCUT2D eigenvalue weighted by Gasteiger charge is 2.05. The molecule has 140 valence electrons. The first-order chi connectivity index (χ1) is 11.7. The summed E-state index contributed by atoms with van der Waals surface area (Å²) in [5, 5.41) is 12.1. The summed E-state index contributed by atoms with van der Waals surface area (Å²) in [6, 6.07) is 0. The molecule has 0 aromatic carbocycles. The van der Waals surface area contributed by atoms with Crippen LogP contribution in [0.4, 0.5) is 0 Å². The molecule has 0 rings (SSSR count). The molecule has 0 heterocycles. The zero-order valence-electron chi connectivity index (χ0n) is 15.6. The van der Waals surface area contributed by atoms with Gasteiger partial charge < -0.3 is 10.4 Å². The molecule has 0 aliphatic heterocycles. The molecule has 2 N–H and O–H groups in total. The van der Waals surface area contributed by atoms with E-state index in [9.17, 15) is 4.79 Å². The summed E-state index contributed by atoms with van der Waals surface area (Å²) in [6.45, 7) is 9.20. The van der Waals surface area contributed by atoms with Crippen LogP contribution in [0.5, 0.6) is 0 Å². The van der Waals surface area contributed by atoms with Gasteiger partial charge in [0, 0.05) is 26.1 Å². The molecule has 0 unspecified atom stereocenters. The number of nitrogens with zero attached hydrogens (tertiary/aromatic N) is 1. The highest BCUT2D eigenvalue weighted by molar-refractivity contribution is 5.75. The largest absolute Gasteiger partial charge is 0.395 e. The predicted octanol–water partition coefficient (Wildman–Crippen LogP) is 3.67. The van der Waals surface area contributed by atoms with Gasteiger partial charge in [0.25, 0.3) is 0 Å². The molecule has 0 bridgehead atoms. The lowest BCUT2D eigenvalue weighted by Crippen LogP contribution is -2.36. The van der Waals surface area contributed by atoms with Crippen LogP contribution in [-0.2, 0) is 4.79 Å². The molecular weight excluding hydrogens is 300 g/mol. The lowest BCUT2D eigenvalue weighted by atomic mass is 10.1. The number of amides is 1. The first-order valence-electron chi connectivity index (χ1n) is 9.60. The highest BCUT2D eigenvalue weighted by atomic mass is 16.3. The Labute approximate surface area is 149 Å². The number of hydrogen-bond donors (Lipinski definition) is 2. The monoisotopic (exact) mass is 338 g/mol. The first-order valence-corrected chi connectivity index (χ1v) is 9.60. The minimum Gasteiger partial charge on any atom is -0.395 e. The maximum atomic E-state index is 11.8. The Hall–Kier alpha value is -1.13. The van der Waals surface area contributed by atoms with E-state index in [1.54, 1.807) is 0 Å². The fourth-order valence-corrected chi connectivity index (χ4v) is 2.51. The van der Waals surface area contributed by atoms with Crippen molar-refractivity contribution in [1.29, 1.82) is 0 Å². The van der Waals surface area contributed by atoms with Crippen molar-refractivity contribution in [3.8, 4) is 0 Å². The Morgan fingerprint density at radius 1 is 1.04 bits per heavy atom. The Kier molecular flexibility index (Phi) is 17.4. The summed E-state index contributed by atoms with van der Waals surface area (Å²) in [5.74, 6) is 0.115. The zero-order valence-corrected chi connectivity index (χ0v) is 15.6. The van der Waals surface area contributed by atoms with Crippen LogP contribution in [0.2, 0.25) is 0 Å². The van der Waals surface area contributed by atoms with Crippen molar-refractivity contribution in [3.63, 3.8) is 0 Å². The van der Waals surface area contributed by atoms with Crippen LogP contribution in [0.15, 0.2) is 24.8 Å². The Morgan fingerprint density at radius 2 is 1.79 bits per heavy atom. The summed E-state index contributed by atoms with van der Waals surface area (Å²) < 4.78 is 0. The third-order valence-corrected chi connectivity index (χ3v) is 3.96. The lowest BCUT2D eigenvalue weighted by molar-refractivity contribution is -0.121. The number of nitrogens with one attached hydrogen (secondary N) is 1. The van der Waals surface area contributed by atoms with Crippen LogP contribution in [0.3, 0.4) is 0 Å². The number of aliphatic hydroxyl groups is 1. The quantitative estimate of drug-likeness (QED) is 0.314. The molecule has 0 aromatic heterocycles. The van der Waals surface area contributed by atoms with Gasteiger partial charge in [0.1, 0.15) is 0 Å². The van der Waals surface area contributed by atoms with Gasteiger partial charge in [-0.1, -0.05) is 44.4 Å². The van der Waals surface area contributed by atoms with E-state index in [1.807, 2.05) is 6.08 Å². The fraction of sp³-hybridized carbons (Fsp3) is 0.750.